The van der Waals surface area contributed by atoms with Crippen molar-refractivity contribution in [3.8, 4) is 0 Å². The fourth-order valence-corrected chi connectivity index (χ4v) is 2.28. The summed E-state index contributed by atoms with van der Waals surface area (Å²) in [4.78, 5) is 44.8. The quantitative estimate of drug-likeness (QED) is 0.134. The van der Waals surface area contributed by atoms with Crippen molar-refractivity contribution in [1.82, 2.24) is 0 Å². The summed E-state index contributed by atoms with van der Waals surface area (Å²) in [7, 11) is 0. The van der Waals surface area contributed by atoms with Crippen LogP contribution in [0.5, 0.6) is 0 Å². The van der Waals surface area contributed by atoms with Gasteiger partial charge in [0.25, 0.3) is 0 Å². The van der Waals surface area contributed by atoms with Crippen LogP contribution in [0.25, 0.3) is 0 Å². The van der Waals surface area contributed by atoms with E-state index in [0.717, 1.165) is 25.0 Å². The van der Waals surface area contributed by atoms with E-state index in [1.165, 1.54) is 0 Å². The van der Waals surface area contributed by atoms with Crippen LogP contribution >= 0.6 is 0 Å². The monoisotopic (exact) mass is 426 g/mol. The molecule has 170 valence electrons. The Hall–Kier alpha value is -2.64. The normalized spacial score (nSPS) is 10.0. The molecule has 0 fully saturated rings. The zero-order valence-electron chi connectivity index (χ0n) is 17.7. The lowest BCUT2D eigenvalue weighted by Crippen LogP contribution is -2.09. The standard InChI is InChI=1S/C22H34O8/c1-3-19(23)27-15-9-5-7-13-21(25)29-17-11-12-18-30-22(26)14-8-6-10-16-28-20(24)4-2/h3-4H,1-2,5-18H2. The minimum absolute atomic E-state index is 0.256. The summed E-state index contributed by atoms with van der Waals surface area (Å²) in [5, 5.41) is 0. The van der Waals surface area contributed by atoms with E-state index in [0.29, 0.717) is 77.8 Å². The molecule has 0 saturated carbocycles. The van der Waals surface area contributed by atoms with Gasteiger partial charge in [-0.15, -0.1) is 0 Å². The number of hydrogen-bond donors (Lipinski definition) is 0. The van der Waals surface area contributed by atoms with Crippen LogP contribution in [0.2, 0.25) is 0 Å². The number of carbonyl (C=O) groups is 4. The third-order valence-electron chi connectivity index (χ3n) is 3.94. The van der Waals surface area contributed by atoms with Crippen LogP contribution < -0.4 is 0 Å². The number of rotatable bonds is 19. The van der Waals surface area contributed by atoms with E-state index in [-0.39, 0.29) is 11.9 Å². The molecule has 0 amide bonds. The Labute approximate surface area is 178 Å². The van der Waals surface area contributed by atoms with Crippen LogP contribution in [0.15, 0.2) is 25.3 Å². The van der Waals surface area contributed by atoms with Crippen LogP contribution in [-0.2, 0) is 38.1 Å². The molecule has 0 radical (unpaired) electrons. The minimum atomic E-state index is -0.441. The molecule has 8 nitrogen and oxygen atoms in total. The van der Waals surface area contributed by atoms with Crippen LogP contribution in [0.1, 0.15) is 64.2 Å². The average molecular weight is 427 g/mol. The molecule has 0 aliphatic heterocycles. The predicted octanol–water partition coefficient (Wildman–Crippen LogP) is 3.43. The van der Waals surface area contributed by atoms with Gasteiger partial charge in [0.05, 0.1) is 26.4 Å². The molecule has 30 heavy (non-hydrogen) atoms. The molecule has 0 rings (SSSR count). The van der Waals surface area contributed by atoms with E-state index in [4.69, 9.17) is 18.9 Å². The van der Waals surface area contributed by atoms with E-state index in [1.54, 1.807) is 0 Å². The van der Waals surface area contributed by atoms with E-state index in [9.17, 15) is 19.2 Å². The van der Waals surface area contributed by atoms with E-state index in [1.807, 2.05) is 0 Å². The lowest BCUT2D eigenvalue weighted by molar-refractivity contribution is -0.146. The molecule has 0 atom stereocenters. The number of hydrogen-bond acceptors (Lipinski definition) is 8. The largest absolute Gasteiger partial charge is 0.466 e. The van der Waals surface area contributed by atoms with Crippen LogP contribution in [0.4, 0.5) is 0 Å². The summed E-state index contributed by atoms with van der Waals surface area (Å²) in [5.41, 5.74) is 0. The highest BCUT2D eigenvalue weighted by atomic mass is 16.5. The van der Waals surface area contributed by atoms with Gasteiger partial charge in [-0.05, 0) is 51.4 Å². The lowest BCUT2D eigenvalue weighted by Gasteiger charge is -2.07. The van der Waals surface area contributed by atoms with Crippen molar-refractivity contribution in [2.45, 2.75) is 64.2 Å². The summed E-state index contributed by atoms with van der Waals surface area (Å²) in [6.45, 7) is 7.86. The van der Waals surface area contributed by atoms with Gasteiger partial charge in [0.1, 0.15) is 0 Å². The third kappa shape index (κ3) is 18.7. The summed E-state index contributed by atoms with van der Waals surface area (Å²) in [6, 6.07) is 0. The molecule has 0 N–H and O–H groups in total. The highest BCUT2D eigenvalue weighted by molar-refractivity contribution is 5.81. The fraction of sp³-hybridized carbons (Fsp3) is 0.636. The second kappa shape index (κ2) is 19.7. The van der Waals surface area contributed by atoms with Crippen molar-refractivity contribution >= 4 is 23.9 Å². The van der Waals surface area contributed by atoms with Gasteiger partial charge in [-0.2, -0.15) is 0 Å². The number of esters is 4. The molecule has 0 aliphatic carbocycles. The molecule has 0 unspecified atom stereocenters. The maximum absolute atomic E-state index is 11.6. The summed E-state index contributed by atoms with van der Waals surface area (Å²) < 4.78 is 19.9. The smallest absolute Gasteiger partial charge is 0.330 e. The van der Waals surface area contributed by atoms with Gasteiger partial charge in [0.2, 0.25) is 0 Å². The van der Waals surface area contributed by atoms with E-state index >= 15 is 0 Å². The fourth-order valence-electron chi connectivity index (χ4n) is 2.28. The van der Waals surface area contributed by atoms with Gasteiger partial charge in [0.15, 0.2) is 0 Å². The van der Waals surface area contributed by atoms with Gasteiger partial charge in [-0.1, -0.05) is 13.2 Å². The summed E-state index contributed by atoms with van der Waals surface area (Å²) in [6.07, 6.45) is 8.45. The lowest BCUT2D eigenvalue weighted by atomic mass is 10.2. The Balaban J connectivity index is 3.38. The van der Waals surface area contributed by atoms with Crippen molar-refractivity contribution < 1.29 is 38.1 Å². The molecule has 0 aromatic carbocycles. The Morgan fingerprint density at radius 2 is 0.833 bits per heavy atom. The Morgan fingerprint density at radius 1 is 0.500 bits per heavy atom. The molecule has 0 aliphatic rings. The van der Waals surface area contributed by atoms with Crippen LogP contribution in [0, 0.1) is 0 Å². The third-order valence-corrected chi connectivity index (χ3v) is 3.94. The molecule has 0 saturated heterocycles. The molecule has 0 spiro atoms. The van der Waals surface area contributed by atoms with Crippen LogP contribution in [-0.4, -0.2) is 50.3 Å². The Morgan fingerprint density at radius 3 is 1.20 bits per heavy atom. The highest BCUT2D eigenvalue weighted by Gasteiger charge is 2.05. The van der Waals surface area contributed by atoms with Crippen molar-refractivity contribution in [1.29, 1.82) is 0 Å². The number of carbonyl (C=O) groups excluding carboxylic acids is 4. The zero-order valence-corrected chi connectivity index (χ0v) is 17.7. The number of unbranched alkanes of at least 4 members (excludes halogenated alkanes) is 5. The molecule has 0 bridgehead atoms. The minimum Gasteiger partial charge on any atom is -0.466 e. The second-order valence-electron chi connectivity index (χ2n) is 6.51. The van der Waals surface area contributed by atoms with Crippen LogP contribution in [0.3, 0.4) is 0 Å². The molecule has 0 aromatic rings. The first-order valence-electron chi connectivity index (χ1n) is 10.4. The van der Waals surface area contributed by atoms with Gasteiger partial charge >= 0.3 is 23.9 Å². The number of ether oxygens (including phenoxy) is 4. The van der Waals surface area contributed by atoms with Gasteiger partial charge in [-0.3, -0.25) is 9.59 Å². The second-order valence-corrected chi connectivity index (χ2v) is 6.51. The van der Waals surface area contributed by atoms with Crippen molar-refractivity contribution in [3.63, 3.8) is 0 Å². The zero-order chi connectivity index (χ0) is 22.5. The molecular weight excluding hydrogens is 392 g/mol. The van der Waals surface area contributed by atoms with Crippen molar-refractivity contribution in [3.05, 3.63) is 25.3 Å². The SMILES string of the molecule is C=CC(=O)OCCCCCC(=O)OCCCCOC(=O)CCCCCOC(=O)C=C. The highest BCUT2D eigenvalue weighted by Crippen LogP contribution is 2.04. The first-order valence-corrected chi connectivity index (χ1v) is 10.4. The Bertz CT molecular complexity index is 493. The summed E-state index contributed by atoms with van der Waals surface area (Å²) in [5.74, 6) is -1.39. The maximum Gasteiger partial charge on any atom is 0.330 e. The van der Waals surface area contributed by atoms with Gasteiger partial charge in [-0.25, -0.2) is 9.59 Å². The molecular formula is C22H34O8. The molecule has 8 heteroatoms. The van der Waals surface area contributed by atoms with Gasteiger partial charge < -0.3 is 18.9 Å². The predicted molar refractivity (Wildman–Crippen MR) is 110 cm³/mol. The van der Waals surface area contributed by atoms with Gasteiger partial charge in [0, 0.05) is 25.0 Å². The topological polar surface area (TPSA) is 105 Å². The van der Waals surface area contributed by atoms with E-state index < -0.39 is 11.9 Å². The maximum atomic E-state index is 11.6. The Kier molecular flexibility index (Phi) is 17.9. The van der Waals surface area contributed by atoms with E-state index in [2.05, 4.69) is 13.2 Å². The first kappa shape index (κ1) is 27.4. The first-order chi connectivity index (χ1) is 14.5. The molecule has 0 aromatic heterocycles. The molecule has 0 heterocycles. The van der Waals surface area contributed by atoms with Crippen molar-refractivity contribution in [2.24, 2.45) is 0 Å². The summed E-state index contributed by atoms with van der Waals surface area (Å²) >= 11 is 0. The van der Waals surface area contributed by atoms with Crippen molar-refractivity contribution in [2.75, 3.05) is 26.4 Å². The average Bonchev–Trinajstić information content (AvgIpc) is 2.74.